The number of hydrogen-bond donors (Lipinski definition) is 1. The number of likely N-dealkylation sites (tertiary alicyclic amines) is 1. The maximum absolute atomic E-state index is 11.7. The molecular weight excluding hydrogens is 242 g/mol. The minimum Gasteiger partial charge on any atom is -0.480 e. The SMILES string of the molecule is CCCC1(C(=O)O)CCCN1CCCn1ccnc1. The molecule has 1 saturated heterocycles. The first-order chi connectivity index (χ1) is 9.19. The Morgan fingerprint density at radius 2 is 2.32 bits per heavy atom. The van der Waals surface area contributed by atoms with Crippen molar-refractivity contribution < 1.29 is 9.90 Å². The van der Waals surface area contributed by atoms with E-state index in [1.807, 2.05) is 10.8 Å². The molecule has 1 unspecified atom stereocenters. The van der Waals surface area contributed by atoms with E-state index in [9.17, 15) is 9.90 Å². The van der Waals surface area contributed by atoms with Crippen molar-refractivity contribution in [3.05, 3.63) is 18.7 Å². The lowest BCUT2D eigenvalue weighted by molar-refractivity contribution is -0.150. The van der Waals surface area contributed by atoms with Gasteiger partial charge in [-0.2, -0.15) is 0 Å². The second kappa shape index (κ2) is 6.19. The van der Waals surface area contributed by atoms with Crippen LogP contribution >= 0.6 is 0 Å². The fraction of sp³-hybridized carbons (Fsp3) is 0.714. The van der Waals surface area contributed by atoms with Gasteiger partial charge in [-0.1, -0.05) is 13.3 Å². The lowest BCUT2D eigenvalue weighted by atomic mass is 9.90. The highest BCUT2D eigenvalue weighted by Crippen LogP contribution is 2.34. The van der Waals surface area contributed by atoms with Gasteiger partial charge in [0.15, 0.2) is 0 Å². The van der Waals surface area contributed by atoms with Gasteiger partial charge in [0.1, 0.15) is 5.54 Å². The minimum absolute atomic E-state index is 0.607. The van der Waals surface area contributed by atoms with Crippen LogP contribution in [-0.4, -0.2) is 44.2 Å². The Hall–Kier alpha value is -1.36. The Morgan fingerprint density at radius 3 is 2.95 bits per heavy atom. The predicted octanol–water partition coefficient (Wildman–Crippen LogP) is 1.99. The molecule has 1 aromatic rings. The van der Waals surface area contributed by atoms with Gasteiger partial charge in [0.05, 0.1) is 6.33 Å². The van der Waals surface area contributed by atoms with Crippen LogP contribution in [0.4, 0.5) is 0 Å². The first-order valence-corrected chi connectivity index (χ1v) is 7.13. The molecular formula is C14H23N3O2. The molecule has 1 N–H and O–H groups in total. The van der Waals surface area contributed by atoms with Crippen molar-refractivity contribution in [1.29, 1.82) is 0 Å². The molecule has 1 aliphatic heterocycles. The Balaban J connectivity index is 1.92. The third-order valence-corrected chi connectivity index (χ3v) is 4.09. The minimum atomic E-state index is -0.644. The Morgan fingerprint density at radius 1 is 1.47 bits per heavy atom. The van der Waals surface area contributed by atoms with Gasteiger partial charge in [-0.05, 0) is 32.2 Å². The zero-order valence-electron chi connectivity index (χ0n) is 11.6. The molecule has 5 nitrogen and oxygen atoms in total. The third kappa shape index (κ3) is 2.97. The highest BCUT2D eigenvalue weighted by molar-refractivity contribution is 5.79. The number of carbonyl (C=O) groups is 1. The molecule has 1 aliphatic rings. The van der Waals surface area contributed by atoms with Gasteiger partial charge in [0, 0.05) is 25.5 Å². The molecule has 1 fully saturated rings. The van der Waals surface area contributed by atoms with E-state index in [0.29, 0.717) is 0 Å². The number of aliphatic carboxylic acids is 1. The fourth-order valence-corrected chi connectivity index (χ4v) is 3.17. The average Bonchev–Trinajstić information content (AvgIpc) is 3.01. The molecule has 1 aromatic heterocycles. The first kappa shape index (κ1) is 14.1. The summed E-state index contributed by atoms with van der Waals surface area (Å²) in [5, 5.41) is 9.59. The number of hydrogen-bond acceptors (Lipinski definition) is 3. The number of rotatable bonds is 7. The van der Waals surface area contributed by atoms with Crippen LogP contribution < -0.4 is 0 Å². The Bertz CT molecular complexity index is 405. The van der Waals surface area contributed by atoms with Crippen LogP contribution in [0.2, 0.25) is 0 Å². The van der Waals surface area contributed by atoms with Crippen molar-refractivity contribution in [3.63, 3.8) is 0 Å². The van der Waals surface area contributed by atoms with Gasteiger partial charge in [-0.15, -0.1) is 0 Å². The van der Waals surface area contributed by atoms with Crippen molar-refractivity contribution in [2.75, 3.05) is 13.1 Å². The molecule has 0 bridgehead atoms. The van der Waals surface area contributed by atoms with Crippen molar-refractivity contribution in [2.45, 2.75) is 51.1 Å². The molecule has 1 atom stereocenters. The predicted molar refractivity (Wildman–Crippen MR) is 72.9 cm³/mol. The molecule has 0 radical (unpaired) electrons. The van der Waals surface area contributed by atoms with E-state index in [1.165, 1.54) is 0 Å². The maximum atomic E-state index is 11.7. The number of carboxylic acid groups (broad SMARTS) is 1. The summed E-state index contributed by atoms with van der Waals surface area (Å²) in [5.41, 5.74) is -0.607. The fourth-order valence-electron chi connectivity index (χ4n) is 3.17. The summed E-state index contributed by atoms with van der Waals surface area (Å²) in [4.78, 5) is 17.8. The monoisotopic (exact) mass is 265 g/mol. The van der Waals surface area contributed by atoms with Crippen LogP contribution in [0.25, 0.3) is 0 Å². The zero-order chi connectivity index (χ0) is 13.7. The summed E-state index contributed by atoms with van der Waals surface area (Å²) in [6, 6.07) is 0. The van der Waals surface area contributed by atoms with E-state index in [2.05, 4.69) is 16.8 Å². The lowest BCUT2D eigenvalue weighted by Gasteiger charge is -2.34. The molecule has 0 spiro atoms. The average molecular weight is 265 g/mol. The van der Waals surface area contributed by atoms with Crippen LogP contribution in [0.5, 0.6) is 0 Å². The summed E-state index contributed by atoms with van der Waals surface area (Å²) >= 11 is 0. The van der Waals surface area contributed by atoms with Gasteiger partial charge < -0.3 is 9.67 Å². The highest BCUT2D eigenvalue weighted by atomic mass is 16.4. The Labute approximate surface area is 114 Å². The molecule has 106 valence electrons. The molecule has 5 heteroatoms. The summed E-state index contributed by atoms with van der Waals surface area (Å²) in [5.74, 6) is -0.644. The van der Waals surface area contributed by atoms with Crippen LogP contribution in [0.1, 0.15) is 39.0 Å². The van der Waals surface area contributed by atoms with E-state index in [1.54, 1.807) is 12.5 Å². The number of aryl methyl sites for hydroxylation is 1. The quantitative estimate of drug-likeness (QED) is 0.819. The molecule has 0 aliphatic carbocycles. The van der Waals surface area contributed by atoms with Crippen LogP contribution in [-0.2, 0) is 11.3 Å². The van der Waals surface area contributed by atoms with Crippen molar-refractivity contribution >= 4 is 5.97 Å². The van der Waals surface area contributed by atoms with E-state index < -0.39 is 11.5 Å². The second-order valence-corrected chi connectivity index (χ2v) is 5.33. The van der Waals surface area contributed by atoms with Gasteiger partial charge in [-0.3, -0.25) is 9.69 Å². The number of aromatic nitrogens is 2. The molecule has 0 aromatic carbocycles. The lowest BCUT2D eigenvalue weighted by Crippen LogP contribution is -2.50. The Kier molecular flexibility index (Phi) is 4.58. The van der Waals surface area contributed by atoms with Crippen molar-refractivity contribution in [2.24, 2.45) is 0 Å². The van der Waals surface area contributed by atoms with Crippen molar-refractivity contribution in [3.8, 4) is 0 Å². The van der Waals surface area contributed by atoms with Crippen LogP contribution in [0.3, 0.4) is 0 Å². The molecule has 0 amide bonds. The first-order valence-electron chi connectivity index (χ1n) is 7.13. The summed E-state index contributed by atoms with van der Waals surface area (Å²) in [6.45, 7) is 4.73. The topological polar surface area (TPSA) is 58.4 Å². The van der Waals surface area contributed by atoms with Gasteiger partial charge in [-0.25, -0.2) is 4.98 Å². The van der Waals surface area contributed by atoms with E-state index in [4.69, 9.17) is 0 Å². The molecule has 2 rings (SSSR count). The number of carboxylic acids is 1. The molecule has 0 saturated carbocycles. The highest BCUT2D eigenvalue weighted by Gasteiger charge is 2.46. The summed E-state index contributed by atoms with van der Waals surface area (Å²) < 4.78 is 2.04. The van der Waals surface area contributed by atoms with Gasteiger partial charge >= 0.3 is 5.97 Å². The molecule has 2 heterocycles. The second-order valence-electron chi connectivity index (χ2n) is 5.33. The zero-order valence-corrected chi connectivity index (χ0v) is 11.6. The smallest absolute Gasteiger partial charge is 0.324 e. The van der Waals surface area contributed by atoms with E-state index in [0.717, 1.165) is 51.7 Å². The molecule has 19 heavy (non-hydrogen) atoms. The van der Waals surface area contributed by atoms with E-state index >= 15 is 0 Å². The van der Waals surface area contributed by atoms with E-state index in [-0.39, 0.29) is 0 Å². The van der Waals surface area contributed by atoms with Gasteiger partial charge in [0.25, 0.3) is 0 Å². The number of imidazole rings is 1. The summed E-state index contributed by atoms with van der Waals surface area (Å²) in [6.07, 6.45) is 9.96. The number of nitrogens with zero attached hydrogens (tertiary/aromatic N) is 3. The van der Waals surface area contributed by atoms with Crippen LogP contribution in [0, 0.1) is 0 Å². The maximum Gasteiger partial charge on any atom is 0.324 e. The summed E-state index contributed by atoms with van der Waals surface area (Å²) in [7, 11) is 0. The normalized spacial score (nSPS) is 23.8. The third-order valence-electron chi connectivity index (χ3n) is 4.09. The van der Waals surface area contributed by atoms with Gasteiger partial charge in [0.2, 0.25) is 0 Å². The standard InChI is InChI=1S/C14H23N3O2/c1-2-5-14(13(18)19)6-3-9-17(14)10-4-8-16-11-7-15-12-16/h7,11-12H,2-6,8-10H2,1H3,(H,18,19). The van der Waals surface area contributed by atoms with Crippen LogP contribution in [0.15, 0.2) is 18.7 Å². The largest absolute Gasteiger partial charge is 0.480 e. The van der Waals surface area contributed by atoms with Crippen molar-refractivity contribution in [1.82, 2.24) is 14.5 Å².